The molecule has 4 aromatic rings. The van der Waals surface area contributed by atoms with Crippen LogP contribution in [0, 0.1) is 5.92 Å². The maximum absolute atomic E-state index is 13.1. The molecule has 1 saturated heterocycles. The van der Waals surface area contributed by atoms with E-state index in [9.17, 15) is 14.7 Å². The summed E-state index contributed by atoms with van der Waals surface area (Å²) in [6.45, 7) is 4.49. The van der Waals surface area contributed by atoms with Crippen molar-refractivity contribution in [3.8, 4) is 17.0 Å². The molecule has 0 spiro atoms. The quantitative estimate of drug-likeness (QED) is 0.270. The van der Waals surface area contributed by atoms with E-state index in [1.165, 1.54) is 11.3 Å². The number of hydrogen-bond donors (Lipinski definition) is 2. The van der Waals surface area contributed by atoms with E-state index in [4.69, 9.17) is 9.47 Å². The molecule has 2 saturated carbocycles. The molecule has 3 atom stereocenters. The fourth-order valence-corrected chi connectivity index (χ4v) is 7.72. The van der Waals surface area contributed by atoms with E-state index in [1.807, 2.05) is 23.1 Å². The first-order valence-electron chi connectivity index (χ1n) is 16.2. The van der Waals surface area contributed by atoms with E-state index >= 15 is 0 Å². The number of carbonyl (C=O) groups excluding carboxylic acids is 2. The summed E-state index contributed by atoms with van der Waals surface area (Å²) < 4.78 is 11.9. The number of nitrogens with one attached hydrogen (secondary N) is 1. The Morgan fingerprint density at radius 2 is 1.87 bits per heavy atom. The van der Waals surface area contributed by atoms with Crippen LogP contribution in [0.15, 0.2) is 48.9 Å². The van der Waals surface area contributed by atoms with E-state index < -0.39 is 6.10 Å². The lowest BCUT2D eigenvalue weighted by Gasteiger charge is -2.49. The first-order chi connectivity index (χ1) is 22.8. The van der Waals surface area contributed by atoms with Gasteiger partial charge in [-0.2, -0.15) is 0 Å². The summed E-state index contributed by atoms with van der Waals surface area (Å²) in [5.41, 5.74) is 3.24. The standard InChI is InChI=1S/C34H39N7O5S/c1-20-18-40(33(44)22-7-9-31(45-2)37-15-22)10-11-41(20)25-12-23(13-25)32(43)39-34-38-26-8-6-21(14-29(26)47-34)24-16-35-30(36-17-24)19-46-28-5-3-4-27(28)42/h6-9,14-17,20,23,25,27-28,42H,3-5,10-13,18-19H2,1-2H3,(H,38,39,43)/t20-,23-,25+,27-,28-/m0/s1. The lowest BCUT2D eigenvalue weighted by Crippen LogP contribution is -2.60. The van der Waals surface area contributed by atoms with Crippen molar-refractivity contribution in [1.82, 2.24) is 29.7 Å². The second kappa shape index (κ2) is 13.6. The molecule has 0 unspecified atom stereocenters. The van der Waals surface area contributed by atoms with E-state index in [1.54, 1.807) is 37.8 Å². The summed E-state index contributed by atoms with van der Waals surface area (Å²) in [4.78, 5) is 48.2. The fraction of sp³-hybridized carbons (Fsp3) is 0.471. The zero-order chi connectivity index (χ0) is 32.5. The minimum atomic E-state index is -0.402. The van der Waals surface area contributed by atoms with Gasteiger partial charge >= 0.3 is 0 Å². The van der Waals surface area contributed by atoms with Crippen LogP contribution in [-0.4, -0.2) is 97.7 Å². The zero-order valence-electron chi connectivity index (χ0n) is 26.5. The molecule has 2 aliphatic carbocycles. The van der Waals surface area contributed by atoms with E-state index in [0.717, 1.165) is 60.0 Å². The van der Waals surface area contributed by atoms with Crippen molar-refractivity contribution in [1.29, 1.82) is 0 Å². The number of aromatic nitrogens is 4. The Morgan fingerprint density at radius 3 is 2.57 bits per heavy atom. The molecule has 0 radical (unpaired) electrons. The number of anilines is 1. The van der Waals surface area contributed by atoms with Crippen molar-refractivity contribution < 1.29 is 24.2 Å². The Kier molecular flexibility index (Phi) is 9.13. The minimum Gasteiger partial charge on any atom is -0.481 e. The van der Waals surface area contributed by atoms with Crippen LogP contribution in [0.2, 0.25) is 0 Å². The average Bonchev–Trinajstić information content (AvgIpc) is 3.67. The number of aliphatic hydroxyl groups excluding tert-OH is 1. The summed E-state index contributed by atoms with van der Waals surface area (Å²) in [5, 5.41) is 13.6. The van der Waals surface area contributed by atoms with Gasteiger partial charge in [-0.3, -0.25) is 14.5 Å². The second-order valence-corrected chi connectivity index (χ2v) is 13.7. The first-order valence-corrected chi connectivity index (χ1v) is 17.0. The van der Waals surface area contributed by atoms with Gasteiger partial charge in [0.1, 0.15) is 6.61 Å². The number of aliphatic hydroxyl groups is 1. The summed E-state index contributed by atoms with van der Waals surface area (Å²) in [7, 11) is 1.55. The molecule has 1 aliphatic heterocycles. The third-order valence-corrected chi connectivity index (χ3v) is 10.5. The molecule has 1 aromatic carbocycles. The maximum atomic E-state index is 13.1. The normalized spacial score (nSPS) is 24.7. The van der Waals surface area contributed by atoms with Crippen LogP contribution in [0.4, 0.5) is 5.13 Å². The number of amides is 2. The topological polar surface area (TPSA) is 143 Å². The number of fused-ring (bicyclic) bond motifs is 1. The van der Waals surface area contributed by atoms with Crippen molar-refractivity contribution in [3.05, 3.63) is 60.3 Å². The summed E-state index contributed by atoms with van der Waals surface area (Å²) in [6.07, 6.45) is 8.81. The van der Waals surface area contributed by atoms with Gasteiger partial charge in [-0.25, -0.2) is 19.9 Å². The van der Waals surface area contributed by atoms with Crippen LogP contribution in [0.3, 0.4) is 0 Å². The van der Waals surface area contributed by atoms with Gasteiger partial charge in [-0.05, 0) is 62.8 Å². The zero-order valence-corrected chi connectivity index (χ0v) is 27.4. The van der Waals surface area contributed by atoms with Crippen LogP contribution in [0.25, 0.3) is 21.3 Å². The van der Waals surface area contributed by atoms with Gasteiger partial charge in [-0.15, -0.1) is 0 Å². The summed E-state index contributed by atoms with van der Waals surface area (Å²) in [6, 6.07) is 9.96. The van der Waals surface area contributed by atoms with Crippen molar-refractivity contribution in [2.24, 2.45) is 5.92 Å². The van der Waals surface area contributed by atoms with Gasteiger partial charge in [0.25, 0.3) is 5.91 Å². The van der Waals surface area contributed by atoms with Gasteiger partial charge in [0.05, 0.1) is 35.1 Å². The first kappa shape index (κ1) is 31.6. The number of carbonyl (C=O) groups is 2. The van der Waals surface area contributed by atoms with E-state index in [2.05, 4.69) is 37.1 Å². The van der Waals surface area contributed by atoms with Crippen molar-refractivity contribution in [2.45, 2.75) is 69.9 Å². The molecular formula is C34H39N7O5S. The lowest BCUT2D eigenvalue weighted by atomic mass is 9.78. The van der Waals surface area contributed by atoms with Crippen LogP contribution in [0.1, 0.15) is 55.2 Å². The fourth-order valence-electron chi connectivity index (χ4n) is 6.81. The number of thiazole rings is 1. The number of piperazine rings is 1. The Morgan fingerprint density at radius 1 is 1.04 bits per heavy atom. The molecule has 12 nitrogen and oxygen atoms in total. The van der Waals surface area contributed by atoms with E-state index in [-0.39, 0.29) is 36.5 Å². The predicted molar refractivity (Wildman–Crippen MR) is 177 cm³/mol. The van der Waals surface area contributed by atoms with Crippen LogP contribution in [0.5, 0.6) is 5.88 Å². The van der Waals surface area contributed by atoms with Crippen LogP contribution >= 0.6 is 11.3 Å². The number of nitrogens with zero attached hydrogens (tertiary/aromatic N) is 6. The minimum absolute atomic E-state index is 0.00494. The van der Waals surface area contributed by atoms with Gasteiger partial charge in [0.2, 0.25) is 11.8 Å². The molecule has 13 heteroatoms. The highest BCUT2D eigenvalue weighted by atomic mass is 32.1. The smallest absolute Gasteiger partial charge is 0.255 e. The highest BCUT2D eigenvalue weighted by Gasteiger charge is 2.41. The lowest BCUT2D eigenvalue weighted by molar-refractivity contribution is -0.125. The van der Waals surface area contributed by atoms with Gasteiger partial charge < -0.3 is 24.8 Å². The van der Waals surface area contributed by atoms with Crippen molar-refractivity contribution in [3.63, 3.8) is 0 Å². The van der Waals surface area contributed by atoms with E-state index in [0.29, 0.717) is 41.5 Å². The number of rotatable bonds is 9. The molecule has 3 aromatic heterocycles. The molecule has 2 N–H and O–H groups in total. The third kappa shape index (κ3) is 6.84. The van der Waals surface area contributed by atoms with Gasteiger partial charge in [-0.1, -0.05) is 17.4 Å². The molecule has 47 heavy (non-hydrogen) atoms. The second-order valence-electron chi connectivity index (χ2n) is 12.7. The highest BCUT2D eigenvalue weighted by molar-refractivity contribution is 7.22. The third-order valence-electron chi connectivity index (χ3n) is 9.61. The summed E-state index contributed by atoms with van der Waals surface area (Å²) in [5.74, 6) is 0.998. The van der Waals surface area contributed by atoms with Crippen molar-refractivity contribution >= 4 is 38.5 Å². The SMILES string of the molecule is COc1ccc(C(=O)N2CCN([C@H]3C[C@@H](C(=O)Nc4nc5ccc(-c6cnc(CO[C@H]7CCC[C@@H]7O)nc6)cc5s4)C3)[C@@H](C)C2)cn1. The van der Waals surface area contributed by atoms with Crippen LogP contribution in [-0.2, 0) is 16.1 Å². The monoisotopic (exact) mass is 657 g/mol. The largest absolute Gasteiger partial charge is 0.481 e. The molecule has 3 fully saturated rings. The number of benzene rings is 1. The summed E-state index contributed by atoms with van der Waals surface area (Å²) >= 11 is 1.46. The Balaban J connectivity index is 0.895. The Labute approximate surface area is 277 Å². The number of hydrogen-bond acceptors (Lipinski definition) is 11. The Hall–Kier alpha value is -4.04. The predicted octanol–water partition coefficient (Wildman–Crippen LogP) is 4.15. The number of ether oxygens (including phenoxy) is 2. The molecule has 246 valence electrons. The van der Waals surface area contributed by atoms with Gasteiger partial charge in [0.15, 0.2) is 11.0 Å². The molecule has 3 aliphatic rings. The number of methoxy groups -OCH3 is 1. The molecule has 0 bridgehead atoms. The maximum Gasteiger partial charge on any atom is 0.255 e. The number of pyridine rings is 1. The van der Waals surface area contributed by atoms with Crippen LogP contribution < -0.4 is 10.1 Å². The molecule has 2 amide bonds. The Bertz CT molecular complexity index is 1730. The van der Waals surface area contributed by atoms with Crippen molar-refractivity contribution in [2.75, 3.05) is 32.1 Å². The average molecular weight is 658 g/mol. The molecular weight excluding hydrogens is 618 g/mol. The van der Waals surface area contributed by atoms with Gasteiger partial charge in [0, 0.05) is 67.9 Å². The molecule has 4 heterocycles. The molecule has 7 rings (SSSR count). The highest BCUT2D eigenvalue weighted by Crippen LogP contribution is 2.36.